The molecule has 1 N–H and O–H groups in total. The molecule has 0 amide bonds. The van der Waals surface area contributed by atoms with Crippen LogP contribution in [-0.4, -0.2) is 24.3 Å². The number of nitrogens with one attached hydrogen (secondary N) is 1. The van der Waals surface area contributed by atoms with E-state index in [-0.39, 0.29) is 5.82 Å². The maximum atomic E-state index is 14.3. The van der Waals surface area contributed by atoms with Gasteiger partial charge in [0.05, 0.1) is 12.1 Å². The lowest BCUT2D eigenvalue weighted by Crippen LogP contribution is -2.22. The van der Waals surface area contributed by atoms with Crippen molar-refractivity contribution in [3.05, 3.63) is 70.6 Å². The number of benzene rings is 2. The Labute approximate surface area is 183 Å². The first-order valence-corrected chi connectivity index (χ1v) is 11.4. The average Bonchev–Trinajstić information content (AvgIpc) is 3.15. The number of rotatable bonds is 9. The molecule has 3 nitrogen and oxygen atoms in total. The number of halogens is 2. The molecule has 2 aromatic carbocycles. The van der Waals surface area contributed by atoms with Gasteiger partial charge in [-0.2, -0.15) is 0 Å². The lowest BCUT2D eigenvalue weighted by atomic mass is 9.90. The molecule has 4 rings (SSSR count). The van der Waals surface area contributed by atoms with Gasteiger partial charge in [-0.3, -0.25) is 0 Å². The normalized spacial score (nSPS) is 15.1. The van der Waals surface area contributed by atoms with Crippen LogP contribution >= 0.6 is 11.6 Å². The number of hydrogen-bond acceptors (Lipinski definition) is 2. The van der Waals surface area contributed by atoms with Crippen LogP contribution in [0.1, 0.15) is 43.2 Å². The Kier molecular flexibility index (Phi) is 7.42. The van der Waals surface area contributed by atoms with Crippen molar-refractivity contribution in [1.29, 1.82) is 0 Å². The molecular weight excluding hydrogens is 399 g/mol. The van der Waals surface area contributed by atoms with E-state index in [0.717, 1.165) is 46.1 Å². The van der Waals surface area contributed by atoms with Gasteiger partial charge in [0.15, 0.2) is 0 Å². The Morgan fingerprint density at radius 3 is 2.67 bits per heavy atom. The summed E-state index contributed by atoms with van der Waals surface area (Å²) >= 11 is 5.98. The van der Waals surface area contributed by atoms with E-state index in [4.69, 9.17) is 16.3 Å². The van der Waals surface area contributed by atoms with E-state index >= 15 is 0 Å². The summed E-state index contributed by atoms with van der Waals surface area (Å²) in [6.45, 7) is 3.67. The van der Waals surface area contributed by atoms with Crippen LogP contribution in [0, 0.1) is 11.7 Å². The van der Waals surface area contributed by atoms with E-state index in [1.165, 1.54) is 32.1 Å². The summed E-state index contributed by atoms with van der Waals surface area (Å²) in [4.78, 5) is 0. The summed E-state index contributed by atoms with van der Waals surface area (Å²) in [7, 11) is 0. The molecule has 1 heterocycles. The maximum Gasteiger partial charge on any atom is 0.125 e. The lowest BCUT2D eigenvalue weighted by Gasteiger charge is -2.21. The first-order chi connectivity index (χ1) is 14.7. The highest BCUT2D eigenvalue weighted by Gasteiger charge is 2.13. The van der Waals surface area contributed by atoms with Crippen molar-refractivity contribution in [1.82, 2.24) is 9.88 Å². The molecule has 30 heavy (non-hydrogen) atoms. The monoisotopic (exact) mass is 428 g/mol. The van der Waals surface area contributed by atoms with Crippen LogP contribution in [0.15, 0.2) is 48.7 Å². The Bertz CT molecular complexity index is 948. The van der Waals surface area contributed by atoms with Gasteiger partial charge in [-0.05, 0) is 60.2 Å². The van der Waals surface area contributed by atoms with Gasteiger partial charge in [-0.25, -0.2) is 4.39 Å². The molecule has 1 aromatic heterocycles. The molecular formula is C25H30ClFN2O. The SMILES string of the molecule is Fc1cc(CNCCOCC2CCCCC2)c2ccn(Cc3ccc(Cl)cc3)c2c1. The highest BCUT2D eigenvalue weighted by atomic mass is 35.5. The third kappa shape index (κ3) is 5.63. The molecule has 1 fully saturated rings. The molecule has 5 heteroatoms. The number of hydrogen-bond donors (Lipinski definition) is 1. The van der Waals surface area contributed by atoms with Crippen LogP contribution in [0.4, 0.5) is 4.39 Å². The molecule has 0 saturated heterocycles. The second-order valence-electron chi connectivity index (χ2n) is 8.32. The predicted molar refractivity (Wildman–Crippen MR) is 122 cm³/mol. The van der Waals surface area contributed by atoms with Crippen LogP contribution in [0.25, 0.3) is 10.9 Å². The third-order valence-corrected chi connectivity index (χ3v) is 6.27. The summed E-state index contributed by atoms with van der Waals surface area (Å²) in [6.07, 6.45) is 8.71. The highest BCUT2D eigenvalue weighted by Crippen LogP contribution is 2.24. The number of aromatic nitrogens is 1. The maximum absolute atomic E-state index is 14.3. The van der Waals surface area contributed by atoms with E-state index in [1.54, 1.807) is 12.1 Å². The minimum Gasteiger partial charge on any atom is -0.380 e. The summed E-state index contributed by atoms with van der Waals surface area (Å²) < 4.78 is 22.2. The first-order valence-electron chi connectivity index (χ1n) is 11.0. The van der Waals surface area contributed by atoms with Crippen molar-refractivity contribution in [2.45, 2.75) is 45.2 Å². The zero-order chi connectivity index (χ0) is 20.8. The zero-order valence-corrected chi connectivity index (χ0v) is 18.1. The molecule has 0 spiro atoms. The molecule has 0 atom stereocenters. The van der Waals surface area contributed by atoms with Crippen molar-refractivity contribution >= 4 is 22.5 Å². The topological polar surface area (TPSA) is 26.2 Å². The second-order valence-corrected chi connectivity index (χ2v) is 8.76. The van der Waals surface area contributed by atoms with Crippen molar-refractivity contribution in [3.8, 4) is 0 Å². The van der Waals surface area contributed by atoms with Crippen LogP contribution in [0.2, 0.25) is 5.02 Å². The minimum absolute atomic E-state index is 0.205. The summed E-state index contributed by atoms with van der Waals surface area (Å²) in [6, 6.07) is 13.1. The Balaban J connectivity index is 1.32. The van der Waals surface area contributed by atoms with Gasteiger partial charge in [-0.1, -0.05) is 43.0 Å². The van der Waals surface area contributed by atoms with E-state index < -0.39 is 0 Å². The molecule has 0 bridgehead atoms. The van der Waals surface area contributed by atoms with E-state index in [2.05, 4.69) is 16.0 Å². The van der Waals surface area contributed by atoms with Crippen LogP contribution in [-0.2, 0) is 17.8 Å². The third-order valence-electron chi connectivity index (χ3n) is 6.02. The smallest absolute Gasteiger partial charge is 0.125 e. The Hall–Kier alpha value is -1.88. The van der Waals surface area contributed by atoms with Crippen LogP contribution < -0.4 is 5.32 Å². The standard InChI is InChI=1S/C25H30ClFN2O/c26-22-8-6-19(7-9-22)17-29-12-10-24-21(14-23(27)15-25(24)29)16-28-11-13-30-18-20-4-2-1-3-5-20/h6-10,12,14-15,20,28H,1-5,11,13,16-18H2. The van der Waals surface area contributed by atoms with Crippen molar-refractivity contribution in [2.75, 3.05) is 19.8 Å². The molecule has 1 aliphatic rings. The average molecular weight is 429 g/mol. The fourth-order valence-corrected chi connectivity index (χ4v) is 4.50. The highest BCUT2D eigenvalue weighted by molar-refractivity contribution is 6.30. The second kappa shape index (κ2) is 10.4. The van der Waals surface area contributed by atoms with Crippen LogP contribution in [0.5, 0.6) is 0 Å². The van der Waals surface area contributed by atoms with Gasteiger partial charge in [0.2, 0.25) is 0 Å². The van der Waals surface area contributed by atoms with E-state index in [1.807, 2.05) is 30.5 Å². The van der Waals surface area contributed by atoms with Crippen molar-refractivity contribution in [3.63, 3.8) is 0 Å². The first kappa shape index (κ1) is 21.4. The zero-order valence-electron chi connectivity index (χ0n) is 17.4. The molecule has 160 valence electrons. The van der Waals surface area contributed by atoms with E-state index in [9.17, 15) is 4.39 Å². The van der Waals surface area contributed by atoms with E-state index in [0.29, 0.717) is 19.7 Å². The molecule has 0 aliphatic heterocycles. The van der Waals surface area contributed by atoms with Gasteiger partial charge in [0.25, 0.3) is 0 Å². The molecule has 0 radical (unpaired) electrons. The molecule has 1 saturated carbocycles. The van der Waals surface area contributed by atoms with Gasteiger partial charge in [-0.15, -0.1) is 0 Å². The number of ether oxygens (including phenoxy) is 1. The largest absolute Gasteiger partial charge is 0.380 e. The summed E-state index contributed by atoms with van der Waals surface area (Å²) in [5, 5.41) is 5.21. The minimum atomic E-state index is -0.205. The van der Waals surface area contributed by atoms with Gasteiger partial charge >= 0.3 is 0 Å². The molecule has 3 aromatic rings. The summed E-state index contributed by atoms with van der Waals surface area (Å²) in [5.41, 5.74) is 3.03. The lowest BCUT2D eigenvalue weighted by molar-refractivity contribution is 0.0868. The summed E-state index contributed by atoms with van der Waals surface area (Å²) in [5.74, 6) is 0.533. The number of fused-ring (bicyclic) bond motifs is 1. The Morgan fingerprint density at radius 2 is 1.87 bits per heavy atom. The van der Waals surface area contributed by atoms with Crippen molar-refractivity contribution in [2.24, 2.45) is 5.92 Å². The van der Waals surface area contributed by atoms with Gasteiger partial charge in [0, 0.05) is 42.8 Å². The Morgan fingerprint density at radius 1 is 1.07 bits per heavy atom. The quantitative estimate of drug-likeness (QED) is 0.412. The fraction of sp³-hybridized carbons (Fsp3) is 0.440. The van der Waals surface area contributed by atoms with Gasteiger partial charge < -0.3 is 14.6 Å². The molecule has 0 unspecified atom stereocenters. The van der Waals surface area contributed by atoms with Crippen LogP contribution in [0.3, 0.4) is 0 Å². The fourth-order valence-electron chi connectivity index (χ4n) is 4.38. The predicted octanol–water partition coefficient (Wildman–Crippen LogP) is 6.17. The number of nitrogens with zero attached hydrogens (tertiary/aromatic N) is 1. The van der Waals surface area contributed by atoms with Gasteiger partial charge in [0.1, 0.15) is 5.82 Å². The molecule has 1 aliphatic carbocycles. The van der Waals surface area contributed by atoms with Crippen molar-refractivity contribution < 1.29 is 9.13 Å².